The van der Waals surface area contributed by atoms with Crippen LogP contribution in [0.25, 0.3) is 0 Å². The number of esters is 1. The number of carbonyl (C=O) groups excluding carboxylic acids is 1. The zero-order chi connectivity index (χ0) is 51.6. The van der Waals surface area contributed by atoms with Crippen molar-refractivity contribution >= 4 is 34.8 Å². The molecule has 14 atom stereocenters. The fourth-order valence-electron chi connectivity index (χ4n) is 11.5. The Labute approximate surface area is 422 Å². The van der Waals surface area contributed by atoms with Crippen LogP contribution in [0.15, 0.2) is 84.9 Å². The highest BCUT2D eigenvalue weighted by Gasteiger charge is 2.50. The molecule has 2 saturated heterocycles. The predicted octanol–water partition coefficient (Wildman–Crippen LogP) is 6.75. The smallest absolute Gasteiger partial charge is 0.311 e. The molecule has 0 aliphatic carbocycles. The number of ether oxygens (including phenoxy) is 3. The van der Waals surface area contributed by atoms with Gasteiger partial charge in [-0.25, -0.2) is 0 Å². The predicted molar refractivity (Wildman–Crippen MR) is 286 cm³/mol. The number of likely N-dealkylation sites (N-methyl/N-ethyl adjacent to an activating group) is 1. The van der Waals surface area contributed by atoms with Crippen molar-refractivity contribution in [1.29, 1.82) is 0 Å². The number of cyclic esters (lactones) is 1. The Balaban J connectivity index is 1.32. The van der Waals surface area contributed by atoms with Crippen LogP contribution in [0.4, 0.5) is 5.69 Å². The first-order valence-electron chi connectivity index (χ1n) is 26.2. The number of benzene rings is 3. The van der Waals surface area contributed by atoms with E-state index in [0.29, 0.717) is 19.5 Å². The van der Waals surface area contributed by atoms with Crippen LogP contribution < -0.4 is 20.8 Å². The van der Waals surface area contributed by atoms with Gasteiger partial charge in [0, 0.05) is 44.3 Å². The molecule has 5 rings (SSSR count). The Morgan fingerprint density at radius 1 is 0.757 bits per heavy atom. The first-order valence-corrected chi connectivity index (χ1v) is 28.2. The Hall–Kier alpha value is -3.00. The number of hydrogen-bond acceptors (Lipinski definition) is 12. The maximum Gasteiger partial charge on any atom is 0.311 e. The van der Waals surface area contributed by atoms with Crippen LogP contribution >= 0.6 is 7.26 Å². The van der Waals surface area contributed by atoms with Gasteiger partial charge in [-0.1, -0.05) is 76.4 Å². The van der Waals surface area contributed by atoms with Crippen molar-refractivity contribution in [2.75, 3.05) is 52.3 Å². The highest BCUT2D eigenvalue weighted by molar-refractivity contribution is 7.95. The van der Waals surface area contributed by atoms with Crippen LogP contribution in [-0.4, -0.2) is 155 Å². The summed E-state index contributed by atoms with van der Waals surface area (Å²) >= 11 is 0. The van der Waals surface area contributed by atoms with Crippen molar-refractivity contribution in [3.63, 3.8) is 0 Å². The van der Waals surface area contributed by atoms with Crippen LogP contribution in [0.3, 0.4) is 0 Å². The molecule has 3 aromatic carbocycles. The van der Waals surface area contributed by atoms with E-state index in [2.05, 4.69) is 116 Å². The van der Waals surface area contributed by atoms with Gasteiger partial charge in [0.05, 0.1) is 36.0 Å². The maximum absolute atomic E-state index is 13.8. The van der Waals surface area contributed by atoms with Crippen LogP contribution in [0.5, 0.6) is 0 Å². The molecule has 2 aliphatic rings. The molecule has 13 heteroatoms. The van der Waals surface area contributed by atoms with Gasteiger partial charge >= 0.3 is 5.97 Å². The number of carbonyl (C=O) groups is 1. The zero-order valence-corrected chi connectivity index (χ0v) is 45.5. The molecule has 0 saturated carbocycles. The van der Waals surface area contributed by atoms with E-state index >= 15 is 0 Å². The normalized spacial score (nSPS) is 33.3. The van der Waals surface area contributed by atoms with Crippen molar-refractivity contribution in [2.24, 2.45) is 17.8 Å². The molecular formula is C57H91N3O9P+. The minimum absolute atomic E-state index is 0.144. The summed E-state index contributed by atoms with van der Waals surface area (Å²) in [5.74, 6) is -2.76. The van der Waals surface area contributed by atoms with Crippen LogP contribution in [0.1, 0.15) is 113 Å². The van der Waals surface area contributed by atoms with E-state index in [4.69, 9.17) is 14.2 Å². The SMILES string of the molecule is CCC1OC(=O)[C@H](C)[C@@H](O)[C@H](C)[C@@H](O[C@@H]2O[C@H](C)C[C@H](N(C)C)[C@H]2O)[C@](C)(O)C[C@@H](C)CN(CCCCCCCC[P+](c2ccccc2)(c2ccccc2)c2ccc(N(C)C)cc2)[C@H](C)[C@@H](O)[C@]1(C)O. The minimum Gasteiger partial charge on any atom is -0.459 e. The average molecular weight is 993 g/mol. The van der Waals surface area contributed by atoms with Gasteiger partial charge in [-0.3, -0.25) is 9.69 Å². The number of rotatable bonds is 17. The number of nitrogens with zero attached hydrogens (tertiary/aromatic N) is 3. The van der Waals surface area contributed by atoms with Crippen molar-refractivity contribution < 1.29 is 44.5 Å². The fourth-order valence-corrected chi connectivity index (χ4v) is 15.9. The number of unbranched alkanes of at least 4 members (excludes halogenated alkanes) is 5. The van der Waals surface area contributed by atoms with Crippen molar-refractivity contribution in [3.05, 3.63) is 84.9 Å². The van der Waals surface area contributed by atoms with Gasteiger partial charge in [0.2, 0.25) is 0 Å². The standard InChI is InChI=1S/C57H91N3O9P/c1-13-49-57(8,66)52(63)43(6)60(38-39(2)37-56(7,65)53(41(4)50(61)42(5)54(64)68-49)69-55-51(62)48(59(11)12)36-40(3)67-55)34-24-16-14-15-17-25-35-70(45-26-20-18-21-27-45,46-28-22-19-23-29-46)47-32-30-44(31-33-47)58(9)10/h18-23,26-33,39-43,48-53,55,61-63,65-66H,13-17,24-25,34-38H2,1-12H3/q+1/t39-,40-,41+,42-,43-,48+,49?,50+,51-,52-,53-,55+,56-,57-/m1/s1. The molecule has 70 heavy (non-hydrogen) atoms. The Bertz CT molecular complexity index is 1970. The largest absolute Gasteiger partial charge is 0.459 e. The van der Waals surface area contributed by atoms with E-state index in [9.17, 15) is 30.3 Å². The summed E-state index contributed by atoms with van der Waals surface area (Å²) in [6.07, 6.45) is 1.27. The maximum atomic E-state index is 13.8. The first-order chi connectivity index (χ1) is 33.1. The molecule has 12 nitrogen and oxygen atoms in total. The Morgan fingerprint density at radius 2 is 1.30 bits per heavy atom. The van der Waals surface area contributed by atoms with Gasteiger partial charge in [0.25, 0.3) is 0 Å². The lowest BCUT2D eigenvalue weighted by Crippen LogP contribution is -2.59. The van der Waals surface area contributed by atoms with Gasteiger partial charge < -0.3 is 49.5 Å². The first kappa shape index (κ1) is 57.9. The Morgan fingerprint density at radius 3 is 1.84 bits per heavy atom. The lowest BCUT2D eigenvalue weighted by atomic mass is 9.78. The van der Waals surface area contributed by atoms with E-state index in [0.717, 1.165) is 44.7 Å². The highest BCUT2D eigenvalue weighted by Crippen LogP contribution is 2.56. The van der Waals surface area contributed by atoms with E-state index in [1.165, 1.54) is 28.5 Å². The number of anilines is 1. The van der Waals surface area contributed by atoms with Gasteiger partial charge in [0.15, 0.2) is 6.29 Å². The van der Waals surface area contributed by atoms with Gasteiger partial charge in [-0.05, 0) is 148 Å². The molecule has 5 N–H and O–H groups in total. The van der Waals surface area contributed by atoms with E-state index in [1.807, 2.05) is 32.8 Å². The summed E-state index contributed by atoms with van der Waals surface area (Å²) in [5, 5.41) is 64.1. The van der Waals surface area contributed by atoms with Gasteiger partial charge in [-0.15, -0.1) is 0 Å². The third-order valence-electron chi connectivity index (χ3n) is 15.7. The molecule has 0 aromatic heterocycles. The van der Waals surface area contributed by atoms with Crippen molar-refractivity contribution in [2.45, 2.75) is 179 Å². The molecular weight excluding hydrogens is 902 g/mol. The quantitative estimate of drug-likeness (QED) is 0.0553. The molecule has 392 valence electrons. The topological polar surface area (TPSA) is 156 Å². The Kier molecular flexibility index (Phi) is 21.3. The number of aliphatic hydroxyl groups excluding tert-OH is 3. The molecule has 1 unspecified atom stereocenters. The third-order valence-corrected chi connectivity index (χ3v) is 20.2. The lowest BCUT2D eigenvalue weighted by Gasteiger charge is -2.46. The van der Waals surface area contributed by atoms with Crippen LogP contribution in [-0.2, 0) is 19.0 Å². The molecule has 3 aromatic rings. The molecule has 0 amide bonds. The van der Waals surface area contributed by atoms with E-state index in [1.54, 1.807) is 27.7 Å². The summed E-state index contributed by atoms with van der Waals surface area (Å²) in [6.45, 7) is 15.3. The van der Waals surface area contributed by atoms with E-state index < -0.39 is 79.1 Å². The molecule has 2 aliphatic heterocycles. The van der Waals surface area contributed by atoms with Gasteiger partial charge in [0.1, 0.15) is 47.1 Å². The average Bonchev–Trinajstić information content (AvgIpc) is 3.33. The van der Waals surface area contributed by atoms with Crippen molar-refractivity contribution in [3.8, 4) is 0 Å². The van der Waals surface area contributed by atoms with Crippen LogP contribution in [0.2, 0.25) is 0 Å². The molecule has 0 spiro atoms. The fraction of sp³-hybridized carbons (Fsp3) is 0.667. The molecule has 2 fully saturated rings. The van der Waals surface area contributed by atoms with Crippen molar-refractivity contribution in [1.82, 2.24) is 9.80 Å². The van der Waals surface area contributed by atoms with Crippen LogP contribution in [0, 0.1) is 17.8 Å². The summed E-state index contributed by atoms with van der Waals surface area (Å²) in [4.78, 5) is 20.1. The minimum atomic E-state index is -1.95. The second-order valence-electron chi connectivity index (χ2n) is 21.9. The molecule has 0 radical (unpaired) electrons. The summed E-state index contributed by atoms with van der Waals surface area (Å²) in [6, 6.07) is 30.5. The second-order valence-corrected chi connectivity index (χ2v) is 25.5. The summed E-state index contributed by atoms with van der Waals surface area (Å²) < 4.78 is 18.7. The highest BCUT2D eigenvalue weighted by atomic mass is 31.2. The molecule has 0 bridgehead atoms. The monoisotopic (exact) mass is 993 g/mol. The summed E-state index contributed by atoms with van der Waals surface area (Å²) in [5.41, 5.74) is -2.17. The van der Waals surface area contributed by atoms with Gasteiger partial charge in [-0.2, -0.15) is 0 Å². The third kappa shape index (κ3) is 14.0. The summed E-state index contributed by atoms with van der Waals surface area (Å²) in [7, 11) is 6.01. The molecule has 2 heterocycles. The second kappa shape index (κ2) is 25.8. The lowest BCUT2D eigenvalue weighted by molar-refractivity contribution is -0.299. The number of aliphatic hydroxyl groups is 5. The zero-order valence-electron chi connectivity index (χ0n) is 44.7. The number of hydrogen-bond donors (Lipinski definition) is 5. The van der Waals surface area contributed by atoms with E-state index in [-0.39, 0.29) is 30.9 Å².